The Hall–Kier alpha value is -2.50. The molecule has 0 spiro atoms. The van der Waals surface area contributed by atoms with Crippen molar-refractivity contribution in [1.29, 1.82) is 0 Å². The number of aromatic nitrogens is 2. The van der Waals surface area contributed by atoms with Crippen molar-refractivity contribution >= 4 is 5.91 Å². The van der Waals surface area contributed by atoms with Crippen LogP contribution in [0.3, 0.4) is 0 Å². The van der Waals surface area contributed by atoms with E-state index in [0.717, 1.165) is 11.1 Å². The van der Waals surface area contributed by atoms with Crippen molar-refractivity contribution < 1.29 is 14.6 Å². The van der Waals surface area contributed by atoms with Crippen molar-refractivity contribution in [2.45, 2.75) is 32.4 Å². The molecule has 2 heterocycles. The van der Waals surface area contributed by atoms with E-state index in [0.29, 0.717) is 18.7 Å². The first kappa shape index (κ1) is 14.4. The number of carbonyl (C=O) groups is 1. The number of amides is 1. The van der Waals surface area contributed by atoms with Crippen LogP contribution in [-0.4, -0.2) is 26.4 Å². The van der Waals surface area contributed by atoms with Crippen LogP contribution in [0.15, 0.2) is 24.5 Å². The lowest BCUT2D eigenvalue weighted by Crippen LogP contribution is -2.25. The molecule has 0 radical (unpaired) electrons. The second kappa shape index (κ2) is 5.05. The van der Waals surface area contributed by atoms with E-state index in [9.17, 15) is 9.90 Å². The zero-order chi connectivity index (χ0) is 15.9. The third-order valence-electron chi connectivity index (χ3n) is 3.66. The predicted octanol–water partition coefficient (Wildman–Crippen LogP) is 1.77. The Labute approximate surface area is 128 Å². The largest absolute Gasteiger partial charge is 0.504 e. The molecule has 0 aliphatic carbocycles. The number of hydrogen-bond acceptors (Lipinski definition) is 4. The molecule has 22 heavy (non-hydrogen) atoms. The van der Waals surface area contributed by atoms with Crippen LogP contribution in [-0.2, 0) is 20.0 Å². The summed E-state index contributed by atoms with van der Waals surface area (Å²) < 4.78 is 7.41. The first-order valence-electron chi connectivity index (χ1n) is 7.15. The number of ether oxygens (including phenoxy) is 1. The highest BCUT2D eigenvalue weighted by molar-refractivity contribution is 5.98. The first-order chi connectivity index (χ1) is 10.4. The Balaban J connectivity index is 1.77. The molecule has 1 amide bonds. The number of aromatic hydroxyl groups is 1. The van der Waals surface area contributed by atoms with Crippen LogP contribution in [0.5, 0.6) is 11.5 Å². The summed E-state index contributed by atoms with van der Waals surface area (Å²) in [5, 5.41) is 17.1. The molecule has 0 atom stereocenters. The van der Waals surface area contributed by atoms with E-state index < -0.39 is 0 Å². The number of phenols is 1. The van der Waals surface area contributed by atoms with Crippen LogP contribution >= 0.6 is 0 Å². The summed E-state index contributed by atoms with van der Waals surface area (Å²) in [4.78, 5) is 12.3. The van der Waals surface area contributed by atoms with E-state index >= 15 is 0 Å². The average molecular weight is 301 g/mol. The summed E-state index contributed by atoms with van der Waals surface area (Å²) in [6.45, 7) is 4.26. The van der Waals surface area contributed by atoms with E-state index in [2.05, 4.69) is 10.4 Å². The molecule has 1 aromatic carbocycles. The molecular weight excluding hydrogens is 282 g/mol. The summed E-state index contributed by atoms with van der Waals surface area (Å²) in [6, 6.07) is 3.47. The van der Waals surface area contributed by atoms with Crippen LogP contribution < -0.4 is 10.1 Å². The van der Waals surface area contributed by atoms with Gasteiger partial charge < -0.3 is 15.2 Å². The molecule has 2 aromatic rings. The zero-order valence-electron chi connectivity index (χ0n) is 12.9. The van der Waals surface area contributed by atoms with Crippen LogP contribution in [0.1, 0.15) is 35.3 Å². The molecule has 6 heteroatoms. The molecule has 3 rings (SSSR count). The minimum absolute atomic E-state index is 0.0910. The maximum atomic E-state index is 12.3. The van der Waals surface area contributed by atoms with Crippen molar-refractivity contribution in [1.82, 2.24) is 15.1 Å². The molecule has 0 unspecified atom stereocenters. The summed E-state index contributed by atoms with van der Waals surface area (Å²) in [7, 11) is 1.82. The van der Waals surface area contributed by atoms with Crippen molar-refractivity contribution in [3.05, 3.63) is 41.2 Å². The number of fused-ring (bicyclic) bond motifs is 1. The second-order valence-corrected chi connectivity index (χ2v) is 6.19. The lowest BCUT2D eigenvalue weighted by atomic mass is 10.0. The van der Waals surface area contributed by atoms with Gasteiger partial charge in [0.1, 0.15) is 5.60 Å². The third-order valence-corrected chi connectivity index (χ3v) is 3.66. The summed E-state index contributed by atoms with van der Waals surface area (Å²) in [5.41, 5.74) is 1.69. The molecule has 1 aliphatic heterocycles. The van der Waals surface area contributed by atoms with Crippen molar-refractivity contribution in [2.24, 2.45) is 7.05 Å². The quantitative estimate of drug-likeness (QED) is 0.906. The minimum Gasteiger partial charge on any atom is -0.504 e. The molecule has 0 bridgehead atoms. The van der Waals surface area contributed by atoms with Gasteiger partial charge in [-0.1, -0.05) is 6.07 Å². The van der Waals surface area contributed by atoms with Crippen molar-refractivity contribution in [3.8, 4) is 11.5 Å². The van der Waals surface area contributed by atoms with Gasteiger partial charge in [-0.25, -0.2) is 0 Å². The Kier molecular flexibility index (Phi) is 3.31. The molecule has 0 saturated carbocycles. The monoisotopic (exact) mass is 301 g/mol. The van der Waals surface area contributed by atoms with Gasteiger partial charge in [-0.05, 0) is 19.9 Å². The molecule has 1 aliphatic rings. The standard InChI is InChI=1S/C16H19N3O3/c1-16(2)6-11-4-5-12(13(20)14(11)22-16)15(21)17-7-10-8-18-19(3)9-10/h4-5,8-9,20H,6-7H2,1-3H3,(H,17,21). The number of carbonyl (C=O) groups excluding carboxylic acids is 1. The third kappa shape index (κ3) is 2.64. The molecular formula is C16H19N3O3. The maximum Gasteiger partial charge on any atom is 0.255 e. The van der Waals surface area contributed by atoms with Gasteiger partial charge in [0.15, 0.2) is 11.5 Å². The lowest BCUT2D eigenvalue weighted by molar-refractivity contribution is 0.0944. The number of phenolic OH excluding ortho intramolecular Hbond substituents is 1. The van der Waals surface area contributed by atoms with Crippen LogP contribution in [0.25, 0.3) is 0 Å². The first-order valence-corrected chi connectivity index (χ1v) is 7.15. The number of nitrogens with zero attached hydrogens (tertiary/aromatic N) is 2. The smallest absolute Gasteiger partial charge is 0.255 e. The van der Waals surface area contributed by atoms with Crippen molar-refractivity contribution in [2.75, 3.05) is 0 Å². The molecule has 2 N–H and O–H groups in total. The SMILES string of the molecule is Cn1cc(CNC(=O)c2ccc3c(c2O)OC(C)(C)C3)cn1. The number of hydrogen-bond donors (Lipinski definition) is 2. The Morgan fingerprint density at radius 1 is 1.50 bits per heavy atom. The molecule has 0 fully saturated rings. The van der Waals surface area contributed by atoms with Gasteiger partial charge in [-0.15, -0.1) is 0 Å². The Morgan fingerprint density at radius 3 is 2.95 bits per heavy atom. The van der Waals surface area contributed by atoms with Gasteiger partial charge in [0.2, 0.25) is 0 Å². The highest BCUT2D eigenvalue weighted by Crippen LogP contribution is 2.43. The van der Waals surface area contributed by atoms with Crippen molar-refractivity contribution in [3.63, 3.8) is 0 Å². The number of rotatable bonds is 3. The fourth-order valence-corrected chi connectivity index (χ4v) is 2.66. The van der Waals surface area contributed by atoms with Gasteiger partial charge in [0.05, 0.1) is 11.8 Å². The fourth-order valence-electron chi connectivity index (χ4n) is 2.66. The maximum absolute atomic E-state index is 12.3. The normalized spacial score (nSPS) is 15.2. The molecule has 6 nitrogen and oxygen atoms in total. The van der Waals surface area contributed by atoms with Gasteiger partial charge in [0, 0.05) is 37.3 Å². The predicted molar refractivity (Wildman–Crippen MR) is 80.9 cm³/mol. The number of benzene rings is 1. The van der Waals surface area contributed by atoms with Crippen LogP contribution in [0.2, 0.25) is 0 Å². The molecule has 0 saturated heterocycles. The zero-order valence-corrected chi connectivity index (χ0v) is 12.9. The van der Waals surface area contributed by atoms with E-state index in [1.807, 2.05) is 33.2 Å². The lowest BCUT2D eigenvalue weighted by Gasteiger charge is -2.17. The van der Waals surface area contributed by atoms with Crippen LogP contribution in [0.4, 0.5) is 0 Å². The second-order valence-electron chi connectivity index (χ2n) is 6.19. The van der Waals surface area contributed by atoms with E-state index in [1.54, 1.807) is 16.9 Å². The van der Waals surface area contributed by atoms with Gasteiger partial charge in [0.25, 0.3) is 5.91 Å². The Morgan fingerprint density at radius 2 is 2.27 bits per heavy atom. The van der Waals surface area contributed by atoms with Crippen LogP contribution in [0, 0.1) is 0 Å². The highest BCUT2D eigenvalue weighted by atomic mass is 16.5. The summed E-state index contributed by atoms with van der Waals surface area (Å²) in [6.07, 6.45) is 4.23. The van der Waals surface area contributed by atoms with Gasteiger partial charge in [-0.2, -0.15) is 5.10 Å². The topological polar surface area (TPSA) is 76.4 Å². The highest BCUT2D eigenvalue weighted by Gasteiger charge is 2.33. The minimum atomic E-state index is -0.357. The van der Waals surface area contributed by atoms with Gasteiger partial charge >= 0.3 is 0 Å². The average Bonchev–Trinajstić information content (AvgIpc) is 2.99. The number of nitrogens with one attached hydrogen (secondary N) is 1. The summed E-state index contributed by atoms with van der Waals surface area (Å²) >= 11 is 0. The number of aryl methyl sites for hydroxylation is 1. The Bertz CT molecular complexity index is 734. The fraction of sp³-hybridized carbons (Fsp3) is 0.375. The summed E-state index contributed by atoms with van der Waals surface area (Å²) in [5.74, 6) is -0.0109. The van der Waals surface area contributed by atoms with E-state index in [4.69, 9.17) is 4.74 Å². The van der Waals surface area contributed by atoms with E-state index in [1.165, 1.54) is 0 Å². The van der Waals surface area contributed by atoms with E-state index in [-0.39, 0.29) is 22.8 Å². The van der Waals surface area contributed by atoms with Gasteiger partial charge in [-0.3, -0.25) is 9.48 Å². The molecule has 1 aromatic heterocycles. The molecule has 116 valence electrons.